The summed E-state index contributed by atoms with van der Waals surface area (Å²) in [5.74, 6) is 0.606. The van der Waals surface area contributed by atoms with Crippen LogP contribution in [0, 0.1) is 6.92 Å². The lowest BCUT2D eigenvalue weighted by Gasteiger charge is -2.20. The number of rotatable bonds is 8. The van der Waals surface area contributed by atoms with Gasteiger partial charge in [0.05, 0.1) is 23.1 Å². The quantitative estimate of drug-likeness (QED) is 0.435. The summed E-state index contributed by atoms with van der Waals surface area (Å²) in [6, 6.07) is 9.65. The summed E-state index contributed by atoms with van der Waals surface area (Å²) < 4.78 is 1.78. The molecule has 4 rings (SSSR count). The number of pyridine rings is 1. The highest BCUT2D eigenvalue weighted by molar-refractivity contribution is 5.96. The molecule has 0 bridgehead atoms. The predicted octanol–water partition coefficient (Wildman–Crippen LogP) is 3.02. The second-order valence-electron chi connectivity index (χ2n) is 8.36. The van der Waals surface area contributed by atoms with Gasteiger partial charge in [0.2, 0.25) is 0 Å². The third-order valence-electron chi connectivity index (χ3n) is 5.64. The van der Waals surface area contributed by atoms with E-state index in [0.29, 0.717) is 18.5 Å². The maximum Gasteiger partial charge on any atom is 0.251 e. The predicted molar refractivity (Wildman–Crippen MR) is 129 cm³/mol. The Bertz CT molecular complexity index is 1250. The van der Waals surface area contributed by atoms with Gasteiger partial charge in [-0.15, -0.1) is 0 Å². The van der Waals surface area contributed by atoms with Crippen LogP contribution in [0.2, 0.25) is 0 Å². The van der Waals surface area contributed by atoms with Gasteiger partial charge in [0, 0.05) is 48.9 Å². The molecular weight excluding hydrogens is 428 g/mol. The van der Waals surface area contributed by atoms with Crippen LogP contribution in [-0.4, -0.2) is 61.2 Å². The van der Waals surface area contributed by atoms with Crippen molar-refractivity contribution in [3.63, 3.8) is 0 Å². The van der Waals surface area contributed by atoms with Crippen molar-refractivity contribution >= 4 is 5.91 Å². The molecule has 9 nitrogen and oxygen atoms in total. The fourth-order valence-electron chi connectivity index (χ4n) is 3.48. The van der Waals surface area contributed by atoms with Gasteiger partial charge in [0.1, 0.15) is 12.2 Å². The molecule has 0 aliphatic rings. The number of aryl methyl sites for hydroxylation is 1. The van der Waals surface area contributed by atoms with E-state index in [1.54, 1.807) is 23.3 Å². The molecule has 0 saturated heterocycles. The fourth-order valence-corrected chi connectivity index (χ4v) is 3.48. The van der Waals surface area contributed by atoms with E-state index in [-0.39, 0.29) is 11.9 Å². The molecular formula is C25H28N8O. The smallest absolute Gasteiger partial charge is 0.251 e. The van der Waals surface area contributed by atoms with Crippen LogP contribution in [-0.2, 0) is 6.42 Å². The van der Waals surface area contributed by atoms with Crippen molar-refractivity contribution in [1.82, 2.24) is 39.9 Å². The van der Waals surface area contributed by atoms with E-state index >= 15 is 0 Å². The monoisotopic (exact) mass is 456 g/mol. The standard InChI is InChI=1S/C25H28N8O/c1-17-5-6-23(29-14-17)19-11-20(25(34)28-8-7-21-15-26-9-10-27-21)13-22(12-19)33-24(30-16-31-33)18(2)32(3)4/h5-6,9-16,18H,7-8H2,1-4H3,(H,28,34). The van der Waals surface area contributed by atoms with Crippen molar-refractivity contribution in [2.24, 2.45) is 0 Å². The van der Waals surface area contributed by atoms with Crippen LogP contribution >= 0.6 is 0 Å². The van der Waals surface area contributed by atoms with Crippen molar-refractivity contribution in [3.05, 3.63) is 84.1 Å². The van der Waals surface area contributed by atoms with Crippen molar-refractivity contribution in [2.75, 3.05) is 20.6 Å². The molecule has 34 heavy (non-hydrogen) atoms. The van der Waals surface area contributed by atoms with E-state index < -0.39 is 0 Å². The molecule has 4 aromatic rings. The molecule has 1 atom stereocenters. The average Bonchev–Trinajstić information content (AvgIpc) is 3.34. The van der Waals surface area contributed by atoms with E-state index in [4.69, 9.17) is 0 Å². The lowest BCUT2D eigenvalue weighted by molar-refractivity contribution is 0.0954. The molecule has 9 heteroatoms. The Hall–Kier alpha value is -3.98. The minimum absolute atomic E-state index is 0.0351. The molecule has 0 fully saturated rings. The van der Waals surface area contributed by atoms with Crippen molar-refractivity contribution in [1.29, 1.82) is 0 Å². The van der Waals surface area contributed by atoms with Gasteiger partial charge in [-0.2, -0.15) is 5.10 Å². The van der Waals surface area contributed by atoms with Gasteiger partial charge in [-0.25, -0.2) is 9.67 Å². The molecule has 0 saturated carbocycles. The highest BCUT2D eigenvalue weighted by Gasteiger charge is 2.19. The van der Waals surface area contributed by atoms with Crippen LogP contribution in [0.15, 0.2) is 61.4 Å². The van der Waals surface area contributed by atoms with Gasteiger partial charge in [0.25, 0.3) is 5.91 Å². The topological polar surface area (TPSA) is 102 Å². The van der Waals surface area contributed by atoms with E-state index in [2.05, 4.69) is 42.2 Å². The summed E-state index contributed by atoms with van der Waals surface area (Å²) in [6.45, 7) is 4.51. The average molecular weight is 457 g/mol. The Morgan fingerprint density at radius 1 is 1.09 bits per heavy atom. The first-order chi connectivity index (χ1) is 16.4. The minimum Gasteiger partial charge on any atom is -0.352 e. The molecule has 1 unspecified atom stereocenters. The van der Waals surface area contributed by atoms with E-state index in [9.17, 15) is 4.79 Å². The van der Waals surface area contributed by atoms with E-state index in [1.807, 2.05) is 57.5 Å². The highest BCUT2D eigenvalue weighted by atomic mass is 16.1. The third-order valence-corrected chi connectivity index (χ3v) is 5.64. The largest absolute Gasteiger partial charge is 0.352 e. The number of nitrogens with zero attached hydrogens (tertiary/aromatic N) is 7. The zero-order valence-corrected chi connectivity index (χ0v) is 19.8. The zero-order chi connectivity index (χ0) is 24.1. The van der Waals surface area contributed by atoms with Crippen LogP contribution in [0.25, 0.3) is 16.9 Å². The summed E-state index contributed by atoms with van der Waals surface area (Å²) in [6.07, 6.45) is 8.92. The van der Waals surface area contributed by atoms with Gasteiger partial charge in [-0.05, 0) is 57.8 Å². The number of aromatic nitrogens is 6. The molecule has 174 valence electrons. The molecule has 0 aliphatic carbocycles. The van der Waals surface area contributed by atoms with Gasteiger partial charge in [-0.1, -0.05) is 6.07 Å². The Labute approximate surface area is 198 Å². The second kappa shape index (κ2) is 10.3. The normalized spacial score (nSPS) is 12.0. The molecule has 0 aliphatic heterocycles. The highest BCUT2D eigenvalue weighted by Crippen LogP contribution is 2.25. The number of amides is 1. The first-order valence-corrected chi connectivity index (χ1v) is 11.1. The molecule has 0 radical (unpaired) electrons. The number of nitrogens with one attached hydrogen (secondary N) is 1. The van der Waals surface area contributed by atoms with Crippen molar-refractivity contribution < 1.29 is 4.79 Å². The Balaban J connectivity index is 1.67. The van der Waals surface area contributed by atoms with Crippen LogP contribution in [0.3, 0.4) is 0 Å². The van der Waals surface area contributed by atoms with Crippen molar-refractivity contribution in [2.45, 2.75) is 26.3 Å². The minimum atomic E-state index is -0.179. The van der Waals surface area contributed by atoms with Crippen molar-refractivity contribution in [3.8, 4) is 16.9 Å². The Morgan fingerprint density at radius 3 is 2.65 bits per heavy atom. The molecule has 0 spiro atoms. The number of benzene rings is 1. The molecule has 1 aromatic carbocycles. The SMILES string of the molecule is Cc1ccc(-c2cc(C(=O)NCCc3cnccn3)cc(-n3ncnc3C(C)N(C)C)c2)nc1. The van der Waals surface area contributed by atoms with Gasteiger partial charge in [-0.3, -0.25) is 24.6 Å². The summed E-state index contributed by atoms with van der Waals surface area (Å²) in [4.78, 5) is 32.5. The van der Waals surface area contributed by atoms with Gasteiger partial charge >= 0.3 is 0 Å². The summed E-state index contributed by atoms with van der Waals surface area (Å²) in [5, 5.41) is 7.44. The Kier molecular flexibility index (Phi) is 7.03. The number of carbonyl (C=O) groups excluding carboxylic acids is 1. The molecule has 1 amide bonds. The van der Waals surface area contributed by atoms with Crippen LogP contribution in [0.4, 0.5) is 0 Å². The Morgan fingerprint density at radius 2 is 1.94 bits per heavy atom. The maximum absolute atomic E-state index is 13.1. The first-order valence-electron chi connectivity index (χ1n) is 11.1. The van der Waals surface area contributed by atoms with Gasteiger partial charge in [0.15, 0.2) is 0 Å². The number of hydrogen-bond donors (Lipinski definition) is 1. The second-order valence-corrected chi connectivity index (χ2v) is 8.36. The zero-order valence-electron chi connectivity index (χ0n) is 19.8. The number of hydrogen-bond acceptors (Lipinski definition) is 7. The van der Waals surface area contributed by atoms with E-state index in [0.717, 1.165) is 34.0 Å². The summed E-state index contributed by atoms with van der Waals surface area (Å²) >= 11 is 0. The fraction of sp³-hybridized carbons (Fsp3) is 0.280. The van der Waals surface area contributed by atoms with E-state index in [1.165, 1.54) is 6.33 Å². The lowest BCUT2D eigenvalue weighted by Crippen LogP contribution is -2.26. The molecule has 3 aromatic heterocycles. The van der Waals surface area contributed by atoms with Crippen LogP contribution in [0.5, 0.6) is 0 Å². The van der Waals surface area contributed by atoms with Gasteiger partial charge < -0.3 is 5.32 Å². The lowest BCUT2D eigenvalue weighted by atomic mass is 10.0. The summed E-state index contributed by atoms with van der Waals surface area (Å²) in [7, 11) is 3.98. The molecule has 3 heterocycles. The van der Waals surface area contributed by atoms with Crippen LogP contribution in [0.1, 0.15) is 40.4 Å². The van der Waals surface area contributed by atoms with Crippen LogP contribution < -0.4 is 5.32 Å². The number of carbonyl (C=O) groups is 1. The summed E-state index contributed by atoms with van der Waals surface area (Å²) in [5.41, 5.74) is 4.78. The first kappa shape index (κ1) is 23.2. The third kappa shape index (κ3) is 5.32. The maximum atomic E-state index is 13.1. The molecule has 1 N–H and O–H groups in total.